The molecule has 1 N–H and O–H groups in total. The number of hydrogen-bond donors (Lipinski definition) is 1. The van der Waals surface area contributed by atoms with Gasteiger partial charge in [0.05, 0.1) is 25.7 Å². The minimum atomic E-state index is -1.12. The van der Waals surface area contributed by atoms with E-state index in [2.05, 4.69) is 0 Å². The predicted octanol–water partition coefficient (Wildman–Crippen LogP) is 5.58. The van der Waals surface area contributed by atoms with Gasteiger partial charge in [0.25, 0.3) is 0 Å². The van der Waals surface area contributed by atoms with Crippen LogP contribution in [-0.2, 0) is 6.61 Å². The van der Waals surface area contributed by atoms with Gasteiger partial charge in [0.1, 0.15) is 6.61 Å². The lowest BCUT2D eigenvalue weighted by Crippen LogP contribution is -2.00. The van der Waals surface area contributed by atoms with Crippen LogP contribution in [0.2, 0.25) is 20.1 Å². The van der Waals surface area contributed by atoms with E-state index in [0.717, 1.165) is 5.56 Å². The number of ether oxygens (including phenoxy) is 1. The molecule has 0 atom stereocenters. The first-order chi connectivity index (χ1) is 9.88. The summed E-state index contributed by atoms with van der Waals surface area (Å²) >= 11 is 23.7. The SMILES string of the molecule is O=C(O)c1cc(Cl)c(OCc2ccc(Cl)c(Cl)c2)c(Cl)c1. The third kappa shape index (κ3) is 3.95. The predicted molar refractivity (Wildman–Crippen MR) is 84.2 cm³/mol. The summed E-state index contributed by atoms with van der Waals surface area (Å²) in [4.78, 5) is 10.9. The van der Waals surface area contributed by atoms with Gasteiger partial charge in [-0.05, 0) is 29.8 Å². The van der Waals surface area contributed by atoms with Crippen LogP contribution >= 0.6 is 46.4 Å². The number of hydrogen-bond acceptors (Lipinski definition) is 2. The van der Waals surface area contributed by atoms with E-state index in [1.54, 1.807) is 18.2 Å². The third-order valence-electron chi connectivity index (χ3n) is 2.61. The molecule has 2 aromatic rings. The second kappa shape index (κ2) is 6.75. The molecule has 0 aliphatic rings. The Morgan fingerprint density at radius 2 is 1.57 bits per heavy atom. The van der Waals surface area contributed by atoms with Crippen molar-refractivity contribution >= 4 is 52.4 Å². The van der Waals surface area contributed by atoms with Gasteiger partial charge in [-0.3, -0.25) is 0 Å². The molecule has 0 aromatic heterocycles. The van der Waals surface area contributed by atoms with Crippen molar-refractivity contribution in [2.24, 2.45) is 0 Å². The van der Waals surface area contributed by atoms with Crippen LogP contribution in [0.4, 0.5) is 0 Å². The summed E-state index contributed by atoms with van der Waals surface area (Å²) in [6, 6.07) is 7.62. The molecule has 0 aliphatic carbocycles. The van der Waals surface area contributed by atoms with E-state index in [0.29, 0.717) is 10.0 Å². The van der Waals surface area contributed by atoms with E-state index < -0.39 is 5.97 Å². The molecule has 7 heteroatoms. The van der Waals surface area contributed by atoms with E-state index in [-0.39, 0.29) is 28.0 Å². The van der Waals surface area contributed by atoms with Crippen LogP contribution in [0.25, 0.3) is 0 Å². The standard InChI is InChI=1S/C14H8Cl4O3/c15-9-2-1-7(3-10(9)16)6-21-13-11(17)4-8(14(19)20)5-12(13)18/h1-5H,6H2,(H,19,20). The molecule has 0 fully saturated rings. The molecular weight excluding hydrogens is 358 g/mol. The third-order valence-corrected chi connectivity index (χ3v) is 3.91. The summed E-state index contributed by atoms with van der Waals surface area (Å²) in [5.74, 6) is -0.899. The van der Waals surface area contributed by atoms with Crippen LogP contribution in [0.1, 0.15) is 15.9 Å². The van der Waals surface area contributed by atoms with Crippen LogP contribution < -0.4 is 4.74 Å². The van der Waals surface area contributed by atoms with Gasteiger partial charge >= 0.3 is 5.97 Å². The van der Waals surface area contributed by atoms with Gasteiger partial charge in [-0.15, -0.1) is 0 Å². The Labute approximate surface area is 141 Å². The molecule has 3 nitrogen and oxygen atoms in total. The first-order valence-corrected chi connectivity index (χ1v) is 7.18. The summed E-state index contributed by atoms with van der Waals surface area (Å²) in [6.07, 6.45) is 0. The largest absolute Gasteiger partial charge is 0.486 e. The van der Waals surface area contributed by atoms with Gasteiger partial charge in [-0.2, -0.15) is 0 Å². The number of carboxylic acid groups (broad SMARTS) is 1. The maximum absolute atomic E-state index is 10.9. The van der Waals surface area contributed by atoms with Gasteiger partial charge in [0.2, 0.25) is 0 Å². The monoisotopic (exact) mass is 364 g/mol. The Bertz CT molecular complexity index is 678. The molecule has 110 valence electrons. The lowest BCUT2D eigenvalue weighted by atomic mass is 10.2. The summed E-state index contributed by atoms with van der Waals surface area (Å²) in [6.45, 7) is 0.169. The minimum absolute atomic E-state index is 0.00751. The maximum Gasteiger partial charge on any atom is 0.335 e. The van der Waals surface area contributed by atoms with Gasteiger partial charge in [0, 0.05) is 0 Å². The fraction of sp³-hybridized carbons (Fsp3) is 0.0714. The average Bonchev–Trinajstić information content (AvgIpc) is 2.41. The number of halogens is 4. The first-order valence-electron chi connectivity index (χ1n) is 5.67. The van der Waals surface area contributed by atoms with Crippen molar-refractivity contribution in [3.05, 3.63) is 61.5 Å². The molecule has 0 heterocycles. The van der Waals surface area contributed by atoms with Gasteiger partial charge < -0.3 is 9.84 Å². The molecule has 0 saturated heterocycles. The van der Waals surface area contributed by atoms with Gasteiger partial charge in [0.15, 0.2) is 5.75 Å². The second-order valence-electron chi connectivity index (χ2n) is 4.11. The van der Waals surface area contributed by atoms with Crippen LogP contribution in [0, 0.1) is 0 Å². The van der Waals surface area contributed by atoms with Crippen LogP contribution in [0.5, 0.6) is 5.75 Å². The molecule has 2 aromatic carbocycles. The highest BCUT2D eigenvalue weighted by molar-refractivity contribution is 6.42. The zero-order valence-corrected chi connectivity index (χ0v) is 13.4. The van der Waals surface area contributed by atoms with E-state index in [4.69, 9.17) is 56.2 Å². The quantitative estimate of drug-likeness (QED) is 0.769. The fourth-order valence-electron chi connectivity index (χ4n) is 1.61. The highest BCUT2D eigenvalue weighted by atomic mass is 35.5. The van der Waals surface area contributed by atoms with Crippen molar-refractivity contribution < 1.29 is 14.6 Å². The molecule has 0 radical (unpaired) electrons. The Balaban J connectivity index is 2.20. The summed E-state index contributed by atoms with van der Waals surface area (Å²) in [5.41, 5.74) is 0.769. The molecular formula is C14H8Cl4O3. The van der Waals surface area contributed by atoms with Crippen molar-refractivity contribution in [2.45, 2.75) is 6.61 Å². The maximum atomic E-state index is 10.9. The molecule has 0 unspecified atom stereocenters. The summed E-state index contributed by atoms with van der Waals surface area (Å²) < 4.78 is 5.52. The lowest BCUT2D eigenvalue weighted by Gasteiger charge is -2.11. The Kier molecular flexibility index (Phi) is 5.22. The van der Waals surface area contributed by atoms with E-state index in [1.165, 1.54) is 12.1 Å². The molecule has 0 amide bonds. The van der Waals surface area contributed by atoms with Crippen LogP contribution in [0.3, 0.4) is 0 Å². The summed E-state index contributed by atoms with van der Waals surface area (Å²) in [5, 5.41) is 10.0. The van der Waals surface area contributed by atoms with E-state index in [1.807, 2.05) is 0 Å². The molecule has 21 heavy (non-hydrogen) atoms. The number of carbonyl (C=O) groups is 1. The first kappa shape index (κ1) is 16.2. The molecule has 0 bridgehead atoms. The number of carboxylic acids is 1. The second-order valence-corrected chi connectivity index (χ2v) is 5.74. The van der Waals surface area contributed by atoms with E-state index >= 15 is 0 Å². The molecule has 2 rings (SSSR count). The van der Waals surface area contributed by atoms with Crippen LogP contribution in [-0.4, -0.2) is 11.1 Å². The molecule has 0 aliphatic heterocycles. The molecule has 0 saturated carbocycles. The topological polar surface area (TPSA) is 46.5 Å². The number of rotatable bonds is 4. The van der Waals surface area contributed by atoms with Crippen molar-refractivity contribution in [1.29, 1.82) is 0 Å². The molecule has 0 spiro atoms. The smallest absolute Gasteiger partial charge is 0.335 e. The van der Waals surface area contributed by atoms with E-state index in [9.17, 15) is 4.79 Å². The van der Waals surface area contributed by atoms with Crippen molar-refractivity contribution in [3.63, 3.8) is 0 Å². The van der Waals surface area contributed by atoms with Crippen molar-refractivity contribution in [2.75, 3.05) is 0 Å². The summed E-state index contributed by atoms with van der Waals surface area (Å²) in [7, 11) is 0. The zero-order chi connectivity index (χ0) is 15.6. The average molecular weight is 366 g/mol. The van der Waals surface area contributed by atoms with Crippen molar-refractivity contribution in [3.8, 4) is 5.75 Å². The normalized spacial score (nSPS) is 10.5. The van der Waals surface area contributed by atoms with Gasteiger partial charge in [-0.1, -0.05) is 52.5 Å². The minimum Gasteiger partial charge on any atom is -0.486 e. The fourth-order valence-corrected chi connectivity index (χ4v) is 2.52. The van der Waals surface area contributed by atoms with Crippen molar-refractivity contribution in [1.82, 2.24) is 0 Å². The highest BCUT2D eigenvalue weighted by Gasteiger charge is 2.13. The number of benzene rings is 2. The lowest BCUT2D eigenvalue weighted by molar-refractivity contribution is 0.0697. The Morgan fingerprint density at radius 3 is 2.10 bits per heavy atom. The zero-order valence-electron chi connectivity index (χ0n) is 10.4. The Hall–Kier alpha value is -1.13. The van der Waals surface area contributed by atoms with Gasteiger partial charge in [-0.25, -0.2) is 4.79 Å². The number of aromatic carboxylic acids is 1. The Morgan fingerprint density at radius 1 is 0.952 bits per heavy atom. The van der Waals surface area contributed by atoms with Crippen LogP contribution in [0.15, 0.2) is 30.3 Å². The highest BCUT2D eigenvalue weighted by Crippen LogP contribution is 2.35.